The van der Waals surface area contributed by atoms with E-state index in [0.717, 1.165) is 17.5 Å². The van der Waals surface area contributed by atoms with E-state index in [0.29, 0.717) is 17.1 Å². The molecule has 2 heterocycles. The minimum Gasteiger partial charge on any atom is -0.371 e. The van der Waals surface area contributed by atoms with Crippen LogP contribution in [0.15, 0.2) is 24.5 Å². The normalized spacial score (nSPS) is 9.83. The molecule has 0 aliphatic heterocycles. The molecule has 0 spiro atoms. The van der Waals surface area contributed by atoms with Gasteiger partial charge in [-0.2, -0.15) is 5.26 Å². The largest absolute Gasteiger partial charge is 0.371 e. The van der Waals surface area contributed by atoms with Crippen LogP contribution in [0.4, 0.5) is 5.82 Å². The Bertz CT molecular complexity index is 601. The van der Waals surface area contributed by atoms with Crippen LogP contribution in [0.25, 0.3) is 11.3 Å². The van der Waals surface area contributed by atoms with Crippen molar-refractivity contribution >= 4 is 5.82 Å². The lowest BCUT2D eigenvalue weighted by Gasteiger charge is -2.07. The number of nitrogens with zero attached hydrogens (tertiary/aromatic N) is 4. The summed E-state index contributed by atoms with van der Waals surface area (Å²) in [7, 11) is 1.72. The molecule has 90 valence electrons. The van der Waals surface area contributed by atoms with Crippen molar-refractivity contribution < 1.29 is 0 Å². The topological polar surface area (TPSA) is 74.5 Å². The highest BCUT2D eigenvalue weighted by molar-refractivity contribution is 5.66. The lowest BCUT2D eigenvalue weighted by molar-refractivity contribution is 1.02. The number of hydrogen-bond acceptors (Lipinski definition) is 5. The van der Waals surface area contributed by atoms with Gasteiger partial charge in [0, 0.05) is 25.0 Å². The average Bonchev–Trinajstić information content (AvgIpc) is 2.46. The molecule has 0 saturated heterocycles. The van der Waals surface area contributed by atoms with Gasteiger partial charge in [-0.05, 0) is 24.1 Å². The smallest absolute Gasteiger partial charge is 0.166 e. The van der Waals surface area contributed by atoms with E-state index in [1.807, 2.05) is 12.3 Å². The summed E-state index contributed by atoms with van der Waals surface area (Å²) in [4.78, 5) is 4.09. The Morgan fingerprint density at radius 1 is 1.39 bits per heavy atom. The van der Waals surface area contributed by atoms with Crippen molar-refractivity contribution in [3.8, 4) is 17.3 Å². The molecule has 1 N–H and O–H groups in total. The molecule has 0 aliphatic rings. The summed E-state index contributed by atoms with van der Waals surface area (Å²) in [5.41, 5.74) is 3.25. The van der Waals surface area contributed by atoms with Gasteiger partial charge in [0.05, 0.1) is 11.3 Å². The zero-order valence-corrected chi connectivity index (χ0v) is 10.3. The second-order valence-corrected chi connectivity index (χ2v) is 3.74. The molecule has 0 amide bonds. The lowest BCUT2D eigenvalue weighted by Crippen LogP contribution is -2.00. The Morgan fingerprint density at radius 3 is 2.89 bits per heavy atom. The van der Waals surface area contributed by atoms with E-state index in [1.165, 1.54) is 0 Å². The van der Waals surface area contributed by atoms with Gasteiger partial charge < -0.3 is 5.32 Å². The Hall–Kier alpha value is -2.48. The highest BCUT2D eigenvalue weighted by Gasteiger charge is 2.09. The molecule has 18 heavy (non-hydrogen) atoms. The highest BCUT2D eigenvalue weighted by atomic mass is 15.2. The Kier molecular flexibility index (Phi) is 3.49. The highest BCUT2D eigenvalue weighted by Crippen LogP contribution is 2.23. The molecular formula is C13H13N5. The Morgan fingerprint density at radius 2 is 2.22 bits per heavy atom. The van der Waals surface area contributed by atoms with Gasteiger partial charge in [0.1, 0.15) is 6.07 Å². The van der Waals surface area contributed by atoms with Gasteiger partial charge in [-0.25, -0.2) is 0 Å². The number of nitrogens with one attached hydrogen (secondary N) is 1. The Labute approximate surface area is 106 Å². The zero-order chi connectivity index (χ0) is 13.0. The van der Waals surface area contributed by atoms with Crippen LogP contribution >= 0.6 is 0 Å². The number of anilines is 1. The van der Waals surface area contributed by atoms with Gasteiger partial charge in [0.2, 0.25) is 0 Å². The maximum absolute atomic E-state index is 9.08. The van der Waals surface area contributed by atoms with E-state index in [1.54, 1.807) is 19.3 Å². The summed E-state index contributed by atoms with van der Waals surface area (Å²) in [6, 6.07) is 5.75. The number of hydrogen-bond donors (Lipinski definition) is 1. The molecule has 0 aromatic carbocycles. The van der Waals surface area contributed by atoms with Gasteiger partial charge in [-0.3, -0.25) is 4.98 Å². The summed E-state index contributed by atoms with van der Waals surface area (Å²) in [5, 5.41) is 20.1. The van der Waals surface area contributed by atoms with Crippen LogP contribution in [-0.2, 0) is 6.42 Å². The number of pyridine rings is 1. The average molecular weight is 239 g/mol. The molecule has 0 atom stereocenters. The lowest BCUT2D eigenvalue weighted by atomic mass is 10.0. The van der Waals surface area contributed by atoms with E-state index in [4.69, 9.17) is 5.26 Å². The number of nitriles is 1. The second kappa shape index (κ2) is 5.23. The van der Waals surface area contributed by atoms with Crippen molar-refractivity contribution in [3.63, 3.8) is 0 Å². The quantitative estimate of drug-likeness (QED) is 0.886. The summed E-state index contributed by atoms with van der Waals surface area (Å²) < 4.78 is 0. The minimum absolute atomic E-state index is 0.487. The third-order valence-electron chi connectivity index (χ3n) is 2.71. The van der Waals surface area contributed by atoms with Crippen molar-refractivity contribution in [1.29, 1.82) is 5.26 Å². The number of rotatable bonds is 3. The maximum Gasteiger partial charge on any atom is 0.166 e. The van der Waals surface area contributed by atoms with Crippen molar-refractivity contribution in [2.24, 2.45) is 0 Å². The molecule has 0 unspecified atom stereocenters. The standard InChI is InChI=1S/C13H13N5/c1-3-9-8-16-5-4-11(9)12-6-10(7-14)13(15-2)18-17-12/h4-6,8H,3H2,1-2H3,(H,15,18). The molecule has 5 nitrogen and oxygen atoms in total. The minimum atomic E-state index is 0.487. The monoisotopic (exact) mass is 239 g/mol. The summed E-state index contributed by atoms with van der Waals surface area (Å²) in [5.74, 6) is 0.494. The number of aromatic nitrogens is 3. The van der Waals surface area contributed by atoms with Crippen molar-refractivity contribution in [2.75, 3.05) is 12.4 Å². The second-order valence-electron chi connectivity index (χ2n) is 3.74. The molecule has 0 radical (unpaired) electrons. The fourth-order valence-corrected chi connectivity index (χ4v) is 1.75. The van der Waals surface area contributed by atoms with E-state index >= 15 is 0 Å². The molecular weight excluding hydrogens is 226 g/mol. The van der Waals surface area contributed by atoms with Crippen molar-refractivity contribution in [2.45, 2.75) is 13.3 Å². The van der Waals surface area contributed by atoms with Crippen LogP contribution < -0.4 is 5.32 Å². The van der Waals surface area contributed by atoms with Gasteiger partial charge in [0.25, 0.3) is 0 Å². The van der Waals surface area contributed by atoms with Crippen LogP contribution in [0.1, 0.15) is 18.1 Å². The number of aryl methyl sites for hydroxylation is 1. The van der Waals surface area contributed by atoms with Gasteiger partial charge in [-0.15, -0.1) is 10.2 Å². The first-order valence-corrected chi connectivity index (χ1v) is 5.69. The van der Waals surface area contributed by atoms with Crippen LogP contribution in [0.5, 0.6) is 0 Å². The van der Waals surface area contributed by atoms with E-state index in [2.05, 4.69) is 33.5 Å². The first-order valence-electron chi connectivity index (χ1n) is 5.69. The van der Waals surface area contributed by atoms with Crippen LogP contribution in [0.3, 0.4) is 0 Å². The molecule has 2 aromatic heterocycles. The fraction of sp³-hybridized carbons (Fsp3) is 0.231. The van der Waals surface area contributed by atoms with E-state index in [9.17, 15) is 0 Å². The van der Waals surface area contributed by atoms with Gasteiger partial charge in [-0.1, -0.05) is 6.92 Å². The van der Waals surface area contributed by atoms with Crippen LogP contribution in [-0.4, -0.2) is 22.2 Å². The molecule has 0 saturated carbocycles. The maximum atomic E-state index is 9.08. The predicted octanol–water partition coefficient (Wildman–Crippen LogP) is 2.01. The molecule has 0 aliphatic carbocycles. The first kappa shape index (κ1) is 12.0. The van der Waals surface area contributed by atoms with Crippen LogP contribution in [0, 0.1) is 11.3 Å². The van der Waals surface area contributed by atoms with Gasteiger partial charge in [0.15, 0.2) is 5.82 Å². The SMILES string of the molecule is CCc1cnccc1-c1cc(C#N)c(NC)nn1. The predicted molar refractivity (Wildman–Crippen MR) is 68.9 cm³/mol. The molecule has 2 aromatic rings. The molecule has 5 heteroatoms. The summed E-state index contributed by atoms with van der Waals surface area (Å²) in [6.07, 6.45) is 4.39. The summed E-state index contributed by atoms with van der Waals surface area (Å²) >= 11 is 0. The van der Waals surface area contributed by atoms with E-state index < -0.39 is 0 Å². The third kappa shape index (κ3) is 2.13. The van der Waals surface area contributed by atoms with Crippen LogP contribution in [0.2, 0.25) is 0 Å². The van der Waals surface area contributed by atoms with Crippen molar-refractivity contribution in [3.05, 3.63) is 35.7 Å². The van der Waals surface area contributed by atoms with Crippen molar-refractivity contribution in [1.82, 2.24) is 15.2 Å². The molecule has 0 bridgehead atoms. The Balaban J connectivity index is 2.55. The molecule has 2 rings (SSSR count). The van der Waals surface area contributed by atoms with Gasteiger partial charge >= 0.3 is 0 Å². The first-order chi connectivity index (χ1) is 8.80. The molecule has 0 fully saturated rings. The fourth-order valence-electron chi connectivity index (χ4n) is 1.75. The zero-order valence-electron chi connectivity index (χ0n) is 10.3. The summed E-state index contributed by atoms with van der Waals surface area (Å²) in [6.45, 7) is 2.06. The third-order valence-corrected chi connectivity index (χ3v) is 2.71. The van der Waals surface area contributed by atoms with E-state index in [-0.39, 0.29) is 0 Å².